The van der Waals surface area contributed by atoms with E-state index in [0.717, 1.165) is 24.3 Å². The molecule has 0 radical (unpaired) electrons. The molecule has 4 N–H and O–H groups in total. The third-order valence-corrected chi connectivity index (χ3v) is 18.3. The van der Waals surface area contributed by atoms with E-state index in [1.54, 1.807) is 0 Å². The minimum absolute atomic E-state index is 0.0351. The Morgan fingerprint density at radius 2 is 0.883 bits per heavy atom. The van der Waals surface area contributed by atoms with Crippen LogP contribution in [0.4, 0.5) is 61.5 Å². The fourth-order valence-corrected chi connectivity index (χ4v) is 11.0. The summed E-state index contributed by atoms with van der Waals surface area (Å²) < 4.78 is 343. The Balaban J connectivity index is 0.000000384. The smallest absolute Gasteiger partial charge is 0.459 e. The zero-order valence-corrected chi connectivity index (χ0v) is 51.8. The Bertz CT molecular complexity index is 3980. The minimum atomic E-state index is -7.18. The number of alkyl halides is 14. The number of esters is 3. The summed E-state index contributed by atoms with van der Waals surface area (Å²) in [7, 11) is -34.1. The number of hydrogen-bond acceptors (Lipinski definition) is 21. The van der Waals surface area contributed by atoms with Gasteiger partial charge in [-0.2, -0.15) is 104 Å². The minimum Gasteiger partial charge on any atom is -0.459 e. The van der Waals surface area contributed by atoms with Crippen molar-refractivity contribution in [3.8, 4) is 11.5 Å². The van der Waals surface area contributed by atoms with E-state index in [9.17, 15) is 133 Å². The van der Waals surface area contributed by atoms with Gasteiger partial charge in [0.2, 0.25) is 0 Å². The molecular formula is C51H50F14O24S5. The SMILES string of the molecule is C=C(C)C(=O)Cc1ccc(OS(=O)(=O)C(F)(F)C(F)(F)C(F)(F)S(=O)(=O)O)cc1.C=C(C)C(=O)OC1CC2CC1CC2C(=O)CC(O)c1ccc(OS(=O)(=O)C(F)(F)C(F)(F)C(F)(F)S(=O)(=O)O)cc1.C=C(C)C(=O)OCc1ccc(COC(=O)C(F)(F)S(=O)(=O)O)cc1. The quantitative estimate of drug-likeness (QED) is 0.0133. The molecular weight excluding hydrogens is 1420 g/mol. The third-order valence-electron chi connectivity index (χ3n) is 13.1. The van der Waals surface area contributed by atoms with Gasteiger partial charge in [0.25, 0.3) is 0 Å². The van der Waals surface area contributed by atoms with Gasteiger partial charge in [-0.05, 0) is 104 Å². The number of halogens is 14. The Hall–Kier alpha value is -7.16. The van der Waals surface area contributed by atoms with Crippen LogP contribution in [0, 0.1) is 17.8 Å². The van der Waals surface area contributed by atoms with E-state index < -0.39 is 149 Å². The molecule has 2 bridgehead atoms. The lowest BCUT2D eigenvalue weighted by Crippen LogP contribution is -2.61. The summed E-state index contributed by atoms with van der Waals surface area (Å²) in [5.41, 5.74) is 1.69. The maximum absolute atomic E-state index is 14.0. The van der Waals surface area contributed by atoms with E-state index in [2.05, 4.69) is 32.8 Å². The normalized spacial score (nSPS) is 17.8. The van der Waals surface area contributed by atoms with Crippen LogP contribution in [-0.2, 0) is 108 Å². The lowest BCUT2D eigenvalue weighted by Gasteiger charge is -2.29. The molecule has 2 fully saturated rings. The van der Waals surface area contributed by atoms with Crippen molar-refractivity contribution in [3.63, 3.8) is 0 Å². The van der Waals surface area contributed by atoms with E-state index in [1.807, 2.05) is 0 Å². The number of carbonyl (C=O) groups is 5. The monoisotopic (exact) mass is 1470 g/mol. The highest BCUT2D eigenvalue weighted by molar-refractivity contribution is 7.89. The molecule has 2 saturated carbocycles. The van der Waals surface area contributed by atoms with Gasteiger partial charge >= 0.3 is 107 Å². The van der Waals surface area contributed by atoms with Gasteiger partial charge in [-0.25, -0.2) is 14.4 Å². The lowest BCUT2D eigenvalue weighted by atomic mass is 9.82. The second-order valence-electron chi connectivity index (χ2n) is 20.3. The van der Waals surface area contributed by atoms with E-state index in [1.165, 1.54) is 45.0 Å². The van der Waals surface area contributed by atoms with Crippen molar-refractivity contribution in [1.82, 2.24) is 0 Å². The number of Topliss-reactive ketones (excluding diaryl/α,β-unsaturated/α-hetero) is 2. The zero-order chi connectivity index (χ0) is 72.9. The molecule has 0 saturated heterocycles. The van der Waals surface area contributed by atoms with Crippen molar-refractivity contribution in [3.05, 3.63) is 132 Å². The van der Waals surface area contributed by atoms with Crippen LogP contribution in [0.1, 0.15) is 74.8 Å². The fraction of sp³-hybridized carbons (Fsp3) is 0.431. The van der Waals surface area contributed by atoms with Gasteiger partial charge in [0.15, 0.2) is 5.78 Å². The zero-order valence-electron chi connectivity index (χ0n) is 47.7. The number of aliphatic hydroxyl groups excluding tert-OH is 1. The highest BCUT2D eigenvalue weighted by atomic mass is 32.2. The summed E-state index contributed by atoms with van der Waals surface area (Å²) in [5.74, 6) is -21.2. The maximum Gasteiger partial charge on any atom is 0.465 e. The molecule has 5 atom stereocenters. The Morgan fingerprint density at radius 3 is 1.23 bits per heavy atom. The van der Waals surface area contributed by atoms with Crippen molar-refractivity contribution in [2.75, 3.05) is 0 Å². The topological polar surface area (TPSA) is 383 Å². The van der Waals surface area contributed by atoms with Gasteiger partial charge in [0, 0.05) is 29.9 Å². The molecule has 0 aromatic heterocycles. The number of allylic oxidation sites excluding steroid dienone is 1. The lowest BCUT2D eigenvalue weighted by molar-refractivity contribution is -0.247. The average Bonchev–Trinajstić information content (AvgIpc) is 0.903. The van der Waals surface area contributed by atoms with Crippen LogP contribution >= 0.6 is 0 Å². The number of carbonyl (C=O) groups excluding carboxylic acids is 5. The number of fused-ring (bicyclic) bond motifs is 2. The molecule has 0 spiro atoms. The standard InChI is InChI=1S/C23H24F6O10S2.C14H12F6O7S2.C14H14F2O7S/c1-11(2)20(32)38-19-9-13-7-14(19)8-16(13)18(31)10-17(30)12-3-5-15(6-4-12)39-41(36,37)23(28,29)21(24,25)22(26,27)40(33,34)35;1-8(2)11(21)7-9-3-5-10(6-4-9)27-29(25,26)14(19,20)12(15,16)13(17,18)28(22,23)24;1-9(2)12(17)22-7-10-3-5-11(6-4-10)8-23-13(18)14(15,16)24(19,20)21/h3-6,13-14,16-17,19,30H,1,7-10H2,2H3,(H,33,34,35);3-6H,1,7H2,2H3,(H,22,23,24);3-6H,1,7-8H2,2H3,(H,19,20,21). The van der Waals surface area contributed by atoms with Crippen molar-refractivity contribution in [2.24, 2.45) is 17.8 Å². The van der Waals surface area contributed by atoms with Crippen molar-refractivity contribution >= 4 is 80.1 Å². The summed E-state index contributed by atoms with van der Waals surface area (Å²) in [5, 5.41) is -22.0. The first kappa shape index (κ1) is 81.1. The van der Waals surface area contributed by atoms with Crippen LogP contribution in [0.2, 0.25) is 0 Å². The van der Waals surface area contributed by atoms with Gasteiger partial charge in [-0.1, -0.05) is 68.3 Å². The number of ether oxygens (including phenoxy) is 3. The highest BCUT2D eigenvalue weighted by Gasteiger charge is 2.84. The molecule has 3 aromatic rings. The maximum atomic E-state index is 14.0. The molecule has 5 rings (SSSR count). The first-order valence-electron chi connectivity index (χ1n) is 25.2. The Morgan fingerprint density at radius 1 is 0.500 bits per heavy atom. The Kier molecular flexibility index (Phi) is 25.1. The van der Waals surface area contributed by atoms with E-state index in [0.29, 0.717) is 49.1 Å². The summed E-state index contributed by atoms with van der Waals surface area (Å²) in [6.07, 6.45) is -0.936. The molecule has 0 amide bonds. The molecule has 3 aromatic carbocycles. The molecule has 526 valence electrons. The molecule has 0 aliphatic heterocycles. The Labute approximate surface area is 524 Å². The molecule has 24 nitrogen and oxygen atoms in total. The summed E-state index contributed by atoms with van der Waals surface area (Å²) >= 11 is 0. The second-order valence-corrected chi connectivity index (χ2v) is 27.9. The van der Waals surface area contributed by atoms with E-state index in [4.69, 9.17) is 23.1 Å². The van der Waals surface area contributed by atoms with Gasteiger partial charge in [-0.3, -0.25) is 23.2 Å². The molecule has 2 aliphatic carbocycles. The van der Waals surface area contributed by atoms with Crippen LogP contribution in [0.25, 0.3) is 0 Å². The number of hydrogen-bond donors (Lipinski definition) is 4. The largest absolute Gasteiger partial charge is 0.465 e. The average molecular weight is 1470 g/mol. The number of rotatable bonds is 28. The summed E-state index contributed by atoms with van der Waals surface area (Å²) in [4.78, 5) is 58.3. The van der Waals surface area contributed by atoms with E-state index >= 15 is 0 Å². The van der Waals surface area contributed by atoms with Gasteiger partial charge in [-0.15, -0.1) is 0 Å². The van der Waals surface area contributed by atoms with Crippen molar-refractivity contribution < 1.29 is 169 Å². The van der Waals surface area contributed by atoms with Crippen LogP contribution in [-0.4, -0.2) is 135 Å². The van der Waals surface area contributed by atoms with Gasteiger partial charge in [0.05, 0.1) is 6.10 Å². The second kappa shape index (κ2) is 29.0. The molecule has 2 aliphatic rings. The van der Waals surface area contributed by atoms with Crippen LogP contribution in [0.5, 0.6) is 11.5 Å². The first-order chi connectivity index (χ1) is 42.3. The fourth-order valence-electron chi connectivity index (χ4n) is 7.88. The predicted octanol–water partition coefficient (Wildman–Crippen LogP) is 8.25. The number of ketones is 2. The summed E-state index contributed by atoms with van der Waals surface area (Å²) in [6, 6.07) is 12.1. The van der Waals surface area contributed by atoms with Crippen molar-refractivity contribution in [1.29, 1.82) is 0 Å². The van der Waals surface area contributed by atoms with Crippen molar-refractivity contribution in [2.45, 2.75) is 116 Å². The first-order valence-corrected chi connectivity index (χ1v) is 32.4. The molecule has 0 heterocycles. The van der Waals surface area contributed by atoms with Crippen LogP contribution in [0.3, 0.4) is 0 Å². The van der Waals surface area contributed by atoms with E-state index in [-0.39, 0.29) is 70.2 Å². The highest BCUT2D eigenvalue weighted by Crippen LogP contribution is 2.54. The molecule has 5 unspecified atom stereocenters. The van der Waals surface area contributed by atoms with Crippen LogP contribution < -0.4 is 8.37 Å². The molecule has 43 heteroatoms. The van der Waals surface area contributed by atoms with Gasteiger partial charge in [0.1, 0.15) is 36.6 Å². The number of benzene rings is 3. The predicted molar refractivity (Wildman–Crippen MR) is 289 cm³/mol. The molecule has 94 heavy (non-hydrogen) atoms. The van der Waals surface area contributed by atoms with Gasteiger partial charge < -0.3 is 27.7 Å². The third kappa shape index (κ3) is 18.0. The van der Waals surface area contributed by atoms with Crippen LogP contribution in [0.15, 0.2) is 109 Å². The number of aliphatic hydroxyl groups is 1. The summed E-state index contributed by atoms with van der Waals surface area (Å²) in [6.45, 7) is 14.0.